The van der Waals surface area contributed by atoms with Crippen molar-refractivity contribution in [1.82, 2.24) is 14.6 Å². The van der Waals surface area contributed by atoms with Crippen LogP contribution in [0.1, 0.15) is 36.2 Å². The van der Waals surface area contributed by atoms with E-state index in [2.05, 4.69) is 26.0 Å². The summed E-state index contributed by atoms with van der Waals surface area (Å²) >= 11 is 0. The number of anilines is 4. The summed E-state index contributed by atoms with van der Waals surface area (Å²) < 4.78 is 14.8. The maximum Gasteiger partial charge on any atom is 0.276 e. The molecule has 0 atom stereocenters. The number of halogens is 1. The van der Waals surface area contributed by atoms with Crippen molar-refractivity contribution in [3.05, 3.63) is 78.4 Å². The summed E-state index contributed by atoms with van der Waals surface area (Å²) in [6.07, 6.45) is 5.34. The molecule has 1 fully saturated rings. The quantitative estimate of drug-likeness (QED) is 0.337. The Morgan fingerprint density at radius 2 is 1.74 bits per heavy atom. The van der Waals surface area contributed by atoms with E-state index in [9.17, 15) is 9.18 Å². The topological polar surface area (TPSA) is 109 Å². The van der Waals surface area contributed by atoms with Gasteiger partial charge < -0.3 is 21.7 Å². The zero-order valence-corrected chi connectivity index (χ0v) is 18.5. The molecule has 2 heterocycles. The number of imidazole rings is 1. The molecule has 2 aromatic heterocycles. The average Bonchev–Trinajstić information content (AvgIpc) is 3.27. The smallest absolute Gasteiger partial charge is 0.276 e. The van der Waals surface area contributed by atoms with Crippen molar-refractivity contribution in [1.29, 1.82) is 0 Å². The van der Waals surface area contributed by atoms with Gasteiger partial charge in [-0.3, -0.25) is 4.79 Å². The van der Waals surface area contributed by atoms with Gasteiger partial charge in [-0.25, -0.2) is 13.9 Å². The highest BCUT2D eigenvalue weighted by Gasteiger charge is 2.21. The fourth-order valence-corrected chi connectivity index (χ4v) is 4.16. The SMILES string of the molecule is NC1CCC(Nc2cc(Nc3ccccc3)c3ncc(C(=O)Nc4ccc(F)cc4)n3n2)CC1. The van der Waals surface area contributed by atoms with Crippen molar-refractivity contribution in [3.63, 3.8) is 0 Å². The molecule has 0 aliphatic heterocycles. The first kappa shape index (κ1) is 21.8. The molecule has 9 heteroatoms. The number of amides is 1. The van der Waals surface area contributed by atoms with E-state index in [0.717, 1.165) is 37.1 Å². The summed E-state index contributed by atoms with van der Waals surface area (Å²) in [4.78, 5) is 17.5. The lowest BCUT2D eigenvalue weighted by Gasteiger charge is -2.27. The van der Waals surface area contributed by atoms with Crippen LogP contribution in [0.15, 0.2) is 66.9 Å². The molecule has 0 radical (unpaired) electrons. The third-order valence-corrected chi connectivity index (χ3v) is 5.98. The highest BCUT2D eigenvalue weighted by Crippen LogP contribution is 2.27. The Balaban J connectivity index is 1.48. The fraction of sp³-hybridized carbons (Fsp3) is 0.240. The Hall–Kier alpha value is -3.98. The Bertz CT molecular complexity index is 1280. The number of nitrogens with two attached hydrogens (primary N) is 1. The lowest BCUT2D eigenvalue weighted by atomic mass is 9.92. The Morgan fingerprint density at radius 3 is 2.47 bits per heavy atom. The zero-order chi connectivity index (χ0) is 23.5. The molecular formula is C25H26FN7O. The van der Waals surface area contributed by atoms with E-state index in [-0.39, 0.29) is 23.6 Å². The van der Waals surface area contributed by atoms with E-state index in [1.807, 2.05) is 36.4 Å². The van der Waals surface area contributed by atoms with Crippen LogP contribution in [0.2, 0.25) is 0 Å². The van der Waals surface area contributed by atoms with Crippen LogP contribution in [0, 0.1) is 5.82 Å². The molecule has 8 nitrogen and oxygen atoms in total. The summed E-state index contributed by atoms with van der Waals surface area (Å²) in [5.74, 6) is -0.122. The lowest BCUT2D eigenvalue weighted by molar-refractivity contribution is 0.102. The first-order valence-corrected chi connectivity index (χ1v) is 11.3. The Labute approximate surface area is 196 Å². The largest absolute Gasteiger partial charge is 0.366 e. The van der Waals surface area contributed by atoms with E-state index >= 15 is 0 Å². The van der Waals surface area contributed by atoms with Crippen LogP contribution in [0.4, 0.5) is 27.3 Å². The monoisotopic (exact) mass is 459 g/mol. The van der Waals surface area contributed by atoms with Gasteiger partial charge in [0.05, 0.1) is 11.9 Å². The minimum absolute atomic E-state index is 0.249. The van der Waals surface area contributed by atoms with Crippen molar-refractivity contribution < 1.29 is 9.18 Å². The van der Waals surface area contributed by atoms with Gasteiger partial charge in [0.15, 0.2) is 11.3 Å². The second-order valence-electron chi connectivity index (χ2n) is 8.53. The predicted octanol–water partition coefficient (Wildman–Crippen LogP) is 4.55. The van der Waals surface area contributed by atoms with E-state index < -0.39 is 5.91 Å². The van der Waals surface area contributed by atoms with Crippen molar-refractivity contribution in [2.75, 3.05) is 16.0 Å². The zero-order valence-electron chi connectivity index (χ0n) is 18.5. The van der Waals surface area contributed by atoms with Gasteiger partial charge >= 0.3 is 0 Å². The molecule has 34 heavy (non-hydrogen) atoms. The van der Waals surface area contributed by atoms with Crippen LogP contribution in [0.3, 0.4) is 0 Å². The number of rotatable bonds is 6. The number of fused-ring (bicyclic) bond motifs is 1. The number of hydrogen-bond acceptors (Lipinski definition) is 6. The second kappa shape index (κ2) is 9.48. The third-order valence-electron chi connectivity index (χ3n) is 5.98. The highest BCUT2D eigenvalue weighted by molar-refractivity contribution is 6.03. The van der Waals surface area contributed by atoms with Crippen molar-refractivity contribution in [3.8, 4) is 0 Å². The number of nitrogens with one attached hydrogen (secondary N) is 3. The summed E-state index contributed by atoms with van der Waals surface area (Å²) in [7, 11) is 0. The van der Waals surface area contributed by atoms with Gasteiger partial charge in [-0.05, 0) is 62.1 Å². The molecule has 0 saturated heterocycles. The Kier molecular flexibility index (Phi) is 6.09. The average molecular weight is 460 g/mol. The van der Waals surface area contributed by atoms with E-state index in [1.54, 1.807) is 0 Å². The summed E-state index contributed by atoms with van der Waals surface area (Å²) in [5, 5.41) is 14.3. The number of nitrogens with zero attached hydrogens (tertiary/aromatic N) is 3. The number of carbonyl (C=O) groups excluding carboxylic acids is 1. The van der Waals surface area contributed by atoms with Gasteiger partial charge in [-0.2, -0.15) is 0 Å². The van der Waals surface area contributed by atoms with Crippen LogP contribution >= 0.6 is 0 Å². The summed E-state index contributed by atoms with van der Waals surface area (Å²) in [5.41, 5.74) is 8.94. The molecule has 1 aliphatic rings. The van der Waals surface area contributed by atoms with Crippen molar-refractivity contribution in [2.45, 2.75) is 37.8 Å². The van der Waals surface area contributed by atoms with Gasteiger partial charge in [0.1, 0.15) is 11.6 Å². The molecule has 4 aromatic rings. The number of carbonyl (C=O) groups is 1. The molecule has 1 amide bonds. The van der Waals surface area contributed by atoms with Crippen molar-refractivity contribution >= 4 is 34.4 Å². The maximum absolute atomic E-state index is 13.2. The van der Waals surface area contributed by atoms with Crippen LogP contribution in [-0.2, 0) is 0 Å². The van der Waals surface area contributed by atoms with Gasteiger partial charge in [-0.15, -0.1) is 5.10 Å². The molecule has 0 unspecified atom stereocenters. The maximum atomic E-state index is 13.2. The predicted molar refractivity (Wildman–Crippen MR) is 131 cm³/mol. The minimum Gasteiger partial charge on any atom is -0.366 e. The first-order chi connectivity index (χ1) is 16.5. The molecular weight excluding hydrogens is 433 g/mol. The van der Waals surface area contributed by atoms with Gasteiger partial charge in [0.2, 0.25) is 0 Å². The second-order valence-corrected chi connectivity index (χ2v) is 8.53. The van der Waals surface area contributed by atoms with Crippen molar-refractivity contribution in [2.24, 2.45) is 5.73 Å². The third kappa shape index (κ3) is 4.84. The number of hydrogen-bond donors (Lipinski definition) is 4. The van der Waals surface area contributed by atoms with Crippen LogP contribution in [-0.4, -0.2) is 32.6 Å². The van der Waals surface area contributed by atoms with E-state index in [4.69, 9.17) is 5.73 Å². The molecule has 5 rings (SSSR count). The first-order valence-electron chi connectivity index (χ1n) is 11.3. The van der Waals surface area contributed by atoms with Gasteiger partial charge in [0, 0.05) is 29.5 Å². The highest BCUT2D eigenvalue weighted by atomic mass is 19.1. The Morgan fingerprint density at radius 1 is 1.00 bits per heavy atom. The number of benzene rings is 2. The molecule has 0 spiro atoms. The molecule has 174 valence electrons. The molecule has 1 saturated carbocycles. The van der Waals surface area contributed by atoms with Gasteiger partial charge in [0.25, 0.3) is 5.91 Å². The number of para-hydroxylation sites is 1. The van der Waals surface area contributed by atoms with E-state index in [1.165, 1.54) is 35.0 Å². The lowest BCUT2D eigenvalue weighted by Crippen LogP contribution is -2.33. The minimum atomic E-state index is -0.391. The number of aromatic nitrogens is 3. The van der Waals surface area contributed by atoms with E-state index in [0.29, 0.717) is 17.2 Å². The summed E-state index contributed by atoms with van der Waals surface area (Å²) in [6.45, 7) is 0. The van der Waals surface area contributed by atoms with Gasteiger partial charge in [-0.1, -0.05) is 18.2 Å². The standard InChI is InChI=1S/C25H26FN7O/c26-16-6-10-20(11-7-16)31-25(34)22-15-28-24-21(29-18-4-2-1-3-5-18)14-23(32-33(22)24)30-19-12-8-17(27)9-13-19/h1-7,10-11,14-15,17,19,29H,8-9,12-13,27H2,(H,30,32)(H,31,34). The molecule has 0 bridgehead atoms. The van der Waals surface area contributed by atoms with Crippen LogP contribution in [0.25, 0.3) is 5.65 Å². The fourth-order valence-electron chi connectivity index (χ4n) is 4.16. The van der Waals surface area contributed by atoms with Crippen LogP contribution < -0.4 is 21.7 Å². The molecule has 1 aliphatic carbocycles. The van der Waals surface area contributed by atoms with Crippen LogP contribution in [0.5, 0.6) is 0 Å². The summed E-state index contributed by atoms with van der Waals surface area (Å²) in [6, 6.07) is 17.8. The normalized spacial score (nSPS) is 17.9. The molecule has 2 aromatic carbocycles. The molecule has 5 N–H and O–H groups in total.